The number of nitrogens with one attached hydrogen (secondary N) is 1. The molecule has 0 radical (unpaired) electrons. The van der Waals surface area contributed by atoms with Gasteiger partial charge in [-0.15, -0.1) is 0 Å². The molecule has 1 saturated heterocycles. The maximum absolute atomic E-state index is 14.6. The minimum absolute atomic E-state index is 0.0154. The van der Waals surface area contributed by atoms with Gasteiger partial charge >= 0.3 is 0 Å². The first kappa shape index (κ1) is 21.4. The molecule has 1 aliphatic heterocycles. The van der Waals surface area contributed by atoms with Crippen molar-refractivity contribution in [3.05, 3.63) is 64.2 Å². The van der Waals surface area contributed by atoms with E-state index >= 15 is 0 Å². The Balaban J connectivity index is 1.68. The molecule has 1 atom stereocenters. The Bertz CT molecular complexity index is 924. The number of anilines is 1. The molecule has 0 aliphatic carbocycles. The minimum Gasteiger partial charge on any atom is -0.375 e. The van der Waals surface area contributed by atoms with Crippen molar-refractivity contribution in [1.82, 2.24) is 10.3 Å². The van der Waals surface area contributed by atoms with Crippen LogP contribution in [-0.4, -0.2) is 42.4 Å². The molecule has 0 spiro atoms. The molecule has 2 aromatic rings. The number of benzene rings is 2. The molecule has 3 N–H and O–H groups in total. The topological polar surface area (TPSA) is 56.9 Å². The number of hydrogen-bond donors (Lipinski definition) is 2. The van der Waals surface area contributed by atoms with Crippen LogP contribution >= 0.6 is 23.8 Å². The zero-order chi connectivity index (χ0) is 21.0. The molecule has 0 unspecified atom stereocenters. The number of nitrogens with zero attached hydrogens (tertiary/aromatic N) is 3. The fourth-order valence-electron chi connectivity index (χ4n) is 3.40. The normalized spacial score (nSPS) is 16.7. The summed E-state index contributed by atoms with van der Waals surface area (Å²) in [6.45, 7) is 1.94. The summed E-state index contributed by atoms with van der Waals surface area (Å²) in [5.41, 5.74) is 8.87. The van der Waals surface area contributed by atoms with Gasteiger partial charge in [0.15, 0.2) is 5.11 Å². The highest BCUT2D eigenvalue weighted by Gasteiger charge is 2.28. The van der Waals surface area contributed by atoms with Gasteiger partial charge in [0.1, 0.15) is 11.6 Å². The van der Waals surface area contributed by atoms with Crippen LogP contribution in [0.15, 0.2) is 41.5 Å². The maximum Gasteiger partial charge on any atom is 0.184 e. The van der Waals surface area contributed by atoms with Gasteiger partial charge in [-0.25, -0.2) is 8.78 Å². The van der Waals surface area contributed by atoms with Crippen molar-refractivity contribution >= 4 is 40.8 Å². The number of thiocarbonyl (C=S) groups is 1. The van der Waals surface area contributed by atoms with Gasteiger partial charge in [-0.2, -0.15) is 5.10 Å². The summed E-state index contributed by atoms with van der Waals surface area (Å²) >= 11 is 10.9. The van der Waals surface area contributed by atoms with Gasteiger partial charge < -0.3 is 10.6 Å². The van der Waals surface area contributed by atoms with Crippen LogP contribution in [-0.2, 0) is 6.54 Å². The van der Waals surface area contributed by atoms with Crippen molar-refractivity contribution < 1.29 is 8.78 Å². The lowest BCUT2D eigenvalue weighted by Crippen LogP contribution is -2.34. The summed E-state index contributed by atoms with van der Waals surface area (Å²) in [5, 5.41) is 4.35. The fraction of sp³-hybridized carbons (Fsp3) is 0.300. The number of halogens is 3. The van der Waals surface area contributed by atoms with E-state index in [1.54, 1.807) is 0 Å². The average molecular weight is 438 g/mol. The highest BCUT2D eigenvalue weighted by molar-refractivity contribution is 7.80. The lowest BCUT2D eigenvalue weighted by molar-refractivity contribution is 0.250. The van der Waals surface area contributed by atoms with E-state index in [1.165, 1.54) is 6.07 Å². The minimum atomic E-state index is -0.567. The van der Waals surface area contributed by atoms with Crippen LogP contribution in [0.2, 0.25) is 5.02 Å². The summed E-state index contributed by atoms with van der Waals surface area (Å²) in [5.74, 6) is -1.07. The van der Waals surface area contributed by atoms with Gasteiger partial charge in [0, 0.05) is 42.3 Å². The van der Waals surface area contributed by atoms with E-state index < -0.39 is 11.6 Å². The van der Waals surface area contributed by atoms with Crippen LogP contribution in [0.3, 0.4) is 0 Å². The van der Waals surface area contributed by atoms with Gasteiger partial charge in [0.25, 0.3) is 0 Å². The Kier molecular flexibility index (Phi) is 7.00. The van der Waals surface area contributed by atoms with Crippen LogP contribution in [0.25, 0.3) is 0 Å². The Hall–Kier alpha value is -2.29. The van der Waals surface area contributed by atoms with Crippen LogP contribution in [0.4, 0.5) is 14.5 Å². The lowest BCUT2D eigenvalue weighted by atomic mass is 10.1. The molecule has 0 amide bonds. The third kappa shape index (κ3) is 5.41. The monoisotopic (exact) mass is 437 g/mol. The molecule has 2 aromatic carbocycles. The quantitative estimate of drug-likeness (QED) is 0.411. The first-order chi connectivity index (χ1) is 13.8. The number of hydrazone groups is 1. The van der Waals surface area contributed by atoms with Gasteiger partial charge in [0.05, 0.1) is 11.9 Å². The predicted octanol–water partition coefficient (Wildman–Crippen LogP) is 3.50. The van der Waals surface area contributed by atoms with Gasteiger partial charge in [-0.3, -0.25) is 10.3 Å². The van der Waals surface area contributed by atoms with Crippen molar-refractivity contribution in [2.45, 2.75) is 19.0 Å². The van der Waals surface area contributed by atoms with Crippen LogP contribution in [0.1, 0.15) is 17.5 Å². The highest BCUT2D eigenvalue weighted by Crippen LogP contribution is 2.28. The van der Waals surface area contributed by atoms with E-state index in [9.17, 15) is 8.78 Å². The summed E-state index contributed by atoms with van der Waals surface area (Å²) < 4.78 is 29.0. The second kappa shape index (κ2) is 9.47. The second-order valence-electron chi connectivity index (χ2n) is 6.95. The molecule has 9 heteroatoms. The van der Waals surface area contributed by atoms with E-state index in [1.807, 2.05) is 36.2 Å². The Morgan fingerprint density at radius 2 is 2.14 bits per heavy atom. The third-order valence-electron chi connectivity index (χ3n) is 4.95. The Morgan fingerprint density at radius 1 is 1.38 bits per heavy atom. The molecule has 154 valence electrons. The highest BCUT2D eigenvalue weighted by atomic mass is 35.5. The SMILES string of the molecule is CN(Cc1ccccc1Cl)[C@H]1CCN(c2cc(F)c(/C=N/NC(N)=S)cc2F)C1. The van der Waals surface area contributed by atoms with Gasteiger partial charge in [-0.1, -0.05) is 29.8 Å². The molecular formula is C20H22ClF2N5S. The first-order valence-electron chi connectivity index (χ1n) is 9.11. The van der Waals surface area contributed by atoms with Crippen LogP contribution < -0.4 is 16.1 Å². The van der Waals surface area contributed by atoms with E-state index in [-0.39, 0.29) is 22.4 Å². The standard InChI is InChI=1S/C20H22ClF2N5S/c1-27(11-13-4-2-3-5-16(13)21)15-6-7-28(12-15)19-9-17(22)14(8-18(19)23)10-25-26-20(24)29/h2-5,8-10,15H,6-7,11-12H2,1H3,(H3,24,26,29)/b25-10+/t15-/m0/s1. The molecule has 29 heavy (non-hydrogen) atoms. The molecule has 5 nitrogen and oxygen atoms in total. The lowest BCUT2D eigenvalue weighted by Gasteiger charge is -2.26. The zero-order valence-electron chi connectivity index (χ0n) is 15.9. The predicted molar refractivity (Wildman–Crippen MR) is 117 cm³/mol. The number of likely N-dealkylation sites (N-methyl/N-ethyl adjacent to an activating group) is 1. The van der Waals surface area contributed by atoms with Crippen LogP contribution in [0, 0.1) is 11.6 Å². The van der Waals surface area contributed by atoms with Gasteiger partial charge in [-0.05, 0) is 43.4 Å². The van der Waals surface area contributed by atoms with Crippen LogP contribution in [0.5, 0.6) is 0 Å². The van der Waals surface area contributed by atoms with Gasteiger partial charge in [0.2, 0.25) is 0 Å². The van der Waals surface area contributed by atoms with Crippen molar-refractivity contribution in [3.63, 3.8) is 0 Å². The average Bonchev–Trinajstić information content (AvgIpc) is 3.16. The fourth-order valence-corrected chi connectivity index (χ4v) is 3.65. The smallest absolute Gasteiger partial charge is 0.184 e. The zero-order valence-corrected chi connectivity index (χ0v) is 17.5. The number of rotatable bonds is 6. The molecular weight excluding hydrogens is 416 g/mol. The Morgan fingerprint density at radius 3 is 2.86 bits per heavy atom. The second-order valence-corrected chi connectivity index (χ2v) is 7.80. The summed E-state index contributed by atoms with van der Waals surface area (Å²) in [6, 6.07) is 10.2. The number of hydrogen-bond acceptors (Lipinski definition) is 4. The molecule has 1 aliphatic rings. The summed E-state index contributed by atoms with van der Waals surface area (Å²) in [6.07, 6.45) is 1.99. The number of nitrogens with two attached hydrogens (primary N) is 1. The molecule has 1 fully saturated rings. The van der Waals surface area contributed by atoms with Crippen molar-refractivity contribution in [2.75, 3.05) is 25.0 Å². The largest absolute Gasteiger partial charge is 0.375 e. The van der Waals surface area contributed by atoms with E-state index in [2.05, 4.69) is 27.6 Å². The Labute approximate surface area is 179 Å². The first-order valence-corrected chi connectivity index (χ1v) is 9.90. The molecule has 0 saturated carbocycles. The van der Waals surface area contributed by atoms with E-state index in [0.29, 0.717) is 19.6 Å². The van der Waals surface area contributed by atoms with Crippen molar-refractivity contribution in [1.29, 1.82) is 0 Å². The summed E-state index contributed by atoms with van der Waals surface area (Å²) in [7, 11) is 2.02. The van der Waals surface area contributed by atoms with Crippen molar-refractivity contribution in [3.8, 4) is 0 Å². The van der Waals surface area contributed by atoms with E-state index in [0.717, 1.165) is 29.3 Å². The molecule has 3 rings (SSSR count). The van der Waals surface area contributed by atoms with E-state index in [4.69, 9.17) is 17.3 Å². The molecule has 1 heterocycles. The third-order valence-corrected chi connectivity index (χ3v) is 5.41. The molecule has 0 aromatic heterocycles. The van der Waals surface area contributed by atoms with Crippen molar-refractivity contribution in [2.24, 2.45) is 10.8 Å². The molecule has 0 bridgehead atoms. The summed E-state index contributed by atoms with van der Waals surface area (Å²) in [4.78, 5) is 4.05. The maximum atomic E-state index is 14.6.